The highest BCUT2D eigenvalue weighted by Gasteiger charge is 2.29. The minimum Gasteiger partial charge on any atom is -0.466 e. The van der Waals surface area contributed by atoms with E-state index in [1.54, 1.807) is 0 Å². The summed E-state index contributed by atoms with van der Waals surface area (Å²) >= 11 is 0. The number of nitrogens with one attached hydrogen (secondary N) is 2. The molecule has 20 heavy (non-hydrogen) atoms. The molecule has 1 amide bonds. The van der Waals surface area contributed by atoms with Crippen molar-refractivity contribution in [3.63, 3.8) is 0 Å². The summed E-state index contributed by atoms with van der Waals surface area (Å²) in [6, 6.07) is 0.232. The number of amides is 1. The van der Waals surface area contributed by atoms with Crippen LogP contribution in [-0.4, -0.2) is 37.6 Å². The summed E-state index contributed by atoms with van der Waals surface area (Å²) in [5.41, 5.74) is 0. The maximum atomic E-state index is 12.1. The van der Waals surface area contributed by atoms with E-state index in [0.717, 1.165) is 51.6 Å². The number of esters is 1. The minimum atomic E-state index is -0.0752. The molecular formula is C15H26N2O3. The molecule has 1 aliphatic heterocycles. The van der Waals surface area contributed by atoms with Crippen LogP contribution in [0, 0.1) is 11.8 Å². The number of rotatable bonds is 4. The molecule has 5 nitrogen and oxygen atoms in total. The van der Waals surface area contributed by atoms with Crippen molar-refractivity contribution in [3.05, 3.63) is 0 Å². The fourth-order valence-corrected chi connectivity index (χ4v) is 3.13. The molecule has 0 aromatic carbocycles. The summed E-state index contributed by atoms with van der Waals surface area (Å²) in [5, 5.41) is 6.42. The summed E-state index contributed by atoms with van der Waals surface area (Å²) in [5.74, 6) is 0.247. The van der Waals surface area contributed by atoms with Gasteiger partial charge in [0.2, 0.25) is 5.91 Å². The molecule has 0 unspecified atom stereocenters. The zero-order valence-electron chi connectivity index (χ0n) is 12.3. The molecule has 1 saturated heterocycles. The van der Waals surface area contributed by atoms with E-state index >= 15 is 0 Å². The van der Waals surface area contributed by atoms with Gasteiger partial charge in [0, 0.05) is 12.6 Å². The maximum absolute atomic E-state index is 12.1. The lowest BCUT2D eigenvalue weighted by molar-refractivity contribution is -0.149. The molecule has 0 aromatic heterocycles. The lowest BCUT2D eigenvalue weighted by Crippen LogP contribution is -2.45. The van der Waals surface area contributed by atoms with E-state index in [2.05, 4.69) is 10.6 Å². The second-order valence-corrected chi connectivity index (χ2v) is 5.85. The molecule has 0 bridgehead atoms. The minimum absolute atomic E-state index is 0.0273. The van der Waals surface area contributed by atoms with E-state index in [4.69, 9.17) is 4.74 Å². The van der Waals surface area contributed by atoms with E-state index in [-0.39, 0.29) is 29.8 Å². The molecule has 0 radical (unpaired) electrons. The molecule has 1 aliphatic carbocycles. The van der Waals surface area contributed by atoms with E-state index < -0.39 is 0 Å². The van der Waals surface area contributed by atoms with Crippen LogP contribution in [0.1, 0.15) is 45.4 Å². The lowest BCUT2D eigenvalue weighted by Gasteiger charge is -2.30. The molecule has 0 spiro atoms. The predicted octanol–water partition coefficient (Wildman–Crippen LogP) is 1.22. The van der Waals surface area contributed by atoms with Crippen molar-refractivity contribution >= 4 is 11.9 Å². The average molecular weight is 282 g/mol. The molecule has 2 rings (SSSR count). The van der Waals surface area contributed by atoms with Crippen LogP contribution >= 0.6 is 0 Å². The van der Waals surface area contributed by atoms with Crippen LogP contribution in [0.3, 0.4) is 0 Å². The van der Waals surface area contributed by atoms with Gasteiger partial charge in [0.1, 0.15) is 0 Å². The van der Waals surface area contributed by atoms with Crippen LogP contribution in [0.2, 0.25) is 0 Å². The monoisotopic (exact) mass is 282 g/mol. The topological polar surface area (TPSA) is 67.4 Å². The summed E-state index contributed by atoms with van der Waals surface area (Å²) in [6.07, 6.45) is 5.48. The number of piperidine rings is 1. The van der Waals surface area contributed by atoms with Crippen molar-refractivity contribution in [3.8, 4) is 0 Å². The van der Waals surface area contributed by atoms with Crippen molar-refractivity contribution in [2.75, 3.05) is 19.7 Å². The van der Waals surface area contributed by atoms with Gasteiger partial charge in [0.15, 0.2) is 0 Å². The fraction of sp³-hybridized carbons (Fsp3) is 0.867. The molecule has 5 heteroatoms. The molecule has 1 saturated carbocycles. The van der Waals surface area contributed by atoms with E-state index in [0.29, 0.717) is 6.61 Å². The van der Waals surface area contributed by atoms with Gasteiger partial charge in [-0.2, -0.15) is 0 Å². The molecule has 1 heterocycles. The van der Waals surface area contributed by atoms with Crippen LogP contribution < -0.4 is 10.6 Å². The Bertz CT molecular complexity index is 332. The first kappa shape index (κ1) is 15.3. The summed E-state index contributed by atoms with van der Waals surface area (Å²) in [6.45, 7) is 4.10. The third kappa shape index (κ3) is 4.20. The molecule has 2 aliphatic rings. The second-order valence-electron chi connectivity index (χ2n) is 5.85. The fourth-order valence-electron chi connectivity index (χ4n) is 3.13. The first-order chi connectivity index (χ1) is 9.70. The van der Waals surface area contributed by atoms with Gasteiger partial charge >= 0.3 is 5.97 Å². The molecule has 114 valence electrons. The van der Waals surface area contributed by atoms with Crippen molar-refractivity contribution in [2.24, 2.45) is 11.8 Å². The Balaban J connectivity index is 1.71. The van der Waals surface area contributed by atoms with Gasteiger partial charge in [0.25, 0.3) is 0 Å². The van der Waals surface area contributed by atoms with E-state index in [1.807, 2.05) is 6.92 Å². The van der Waals surface area contributed by atoms with E-state index in [9.17, 15) is 9.59 Å². The Kier molecular flexibility index (Phi) is 5.83. The standard InChI is InChI=1S/C15H26N2O3/c1-2-20-15(19)11-5-7-13(8-6-11)17-14(18)12-4-3-9-16-10-12/h11-13,16H,2-10H2,1H3,(H,17,18)/t11?,12-,13?/m0/s1. The normalized spacial score (nSPS) is 30.6. The zero-order valence-corrected chi connectivity index (χ0v) is 12.3. The Labute approximate surface area is 120 Å². The predicted molar refractivity (Wildman–Crippen MR) is 76.1 cm³/mol. The van der Waals surface area contributed by atoms with Crippen LogP contribution in [0.25, 0.3) is 0 Å². The summed E-state index contributed by atoms with van der Waals surface area (Å²) in [7, 11) is 0. The van der Waals surface area contributed by atoms with Crippen LogP contribution in [-0.2, 0) is 14.3 Å². The Hall–Kier alpha value is -1.10. The summed E-state index contributed by atoms with van der Waals surface area (Å²) in [4.78, 5) is 23.8. The van der Waals surface area contributed by atoms with Crippen molar-refractivity contribution < 1.29 is 14.3 Å². The van der Waals surface area contributed by atoms with Gasteiger partial charge in [-0.1, -0.05) is 0 Å². The first-order valence-corrected chi connectivity index (χ1v) is 7.88. The average Bonchev–Trinajstić information content (AvgIpc) is 2.49. The highest BCUT2D eigenvalue weighted by atomic mass is 16.5. The quantitative estimate of drug-likeness (QED) is 0.761. The van der Waals surface area contributed by atoms with Crippen molar-refractivity contribution in [2.45, 2.75) is 51.5 Å². The first-order valence-electron chi connectivity index (χ1n) is 7.88. The number of carbonyl (C=O) groups excluding carboxylic acids is 2. The third-order valence-electron chi connectivity index (χ3n) is 4.36. The number of hydrogen-bond acceptors (Lipinski definition) is 4. The van der Waals surface area contributed by atoms with Crippen LogP contribution in [0.4, 0.5) is 0 Å². The van der Waals surface area contributed by atoms with Gasteiger partial charge in [-0.3, -0.25) is 9.59 Å². The Morgan fingerprint density at radius 1 is 1.15 bits per heavy atom. The SMILES string of the molecule is CCOC(=O)C1CCC(NC(=O)[C@H]2CCCNC2)CC1. The van der Waals surface area contributed by atoms with Gasteiger partial charge < -0.3 is 15.4 Å². The molecular weight excluding hydrogens is 256 g/mol. The van der Waals surface area contributed by atoms with Gasteiger partial charge in [0.05, 0.1) is 18.4 Å². The number of carbonyl (C=O) groups is 2. The smallest absolute Gasteiger partial charge is 0.308 e. The van der Waals surface area contributed by atoms with E-state index in [1.165, 1.54) is 0 Å². The molecule has 1 atom stereocenters. The number of hydrogen-bond donors (Lipinski definition) is 2. The van der Waals surface area contributed by atoms with Gasteiger partial charge in [-0.25, -0.2) is 0 Å². The third-order valence-corrected chi connectivity index (χ3v) is 4.36. The molecule has 0 aromatic rings. The van der Waals surface area contributed by atoms with Crippen LogP contribution in [0.15, 0.2) is 0 Å². The largest absolute Gasteiger partial charge is 0.466 e. The Morgan fingerprint density at radius 2 is 1.90 bits per heavy atom. The van der Waals surface area contributed by atoms with Crippen molar-refractivity contribution in [1.29, 1.82) is 0 Å². The van der Waals surface area contributed by atoms with Gasteiger partial charge in [-0.05, 0) is 52.0 Å². The van der Waals surface area contributed by atoms with Crippen LogP contribution in [0.5, 0.6) is 0 Å². The highest BCUT2D eigenvalue weighted by molar-refractivity contribution is 5.79. The van der Waals surface area contributed by atoms with Gasteiger partial charge in [-0.15, -0.1) is 0 Å². The second kappa shape index (κ2) is 7.62. The number of ether oxygens (including phenoxy) is 1. The maximum Gasteiger partial charge on any atom is 0.308 e. The molecule has 2 N–H and O–H groups in total. The zero-order chi connectivity index (χ0) is 14.4. The van der Waals surface area contributed by atoms with Crippen molar-refractivity contribution in [1.82, 2.24) is 10.6 Å². The lowest BCUT2D eigenvalue weighted by atomic mass is 9.85. The Morgan fingerprint density at radius 3 is 2.50 bits per heavy atom. The highest BCUT2D eigenvalue weighted by Crippen LogP contribution is 2.25. The summed E-state index contributed by atoms with van der Waals surface area (Å²) < 4.78 is 5.06. The molecule has 2 fully saturated rings.